The van der Waals surface area contributed by atoms with Crippen LogP contribution in [0.4, 0.5) is 4.79 Å². The van der Waals surface area contributed by atoms with Crippen LogP contribution in [-0.4, -0.2) is 66.2 Å². The van der Waals surface area contributed by atoms with Gasteiger partial charge in [-0.25, -0.2) is 4.79 Å². The number of carbonyl (C=O) groups is 2. The van der Waals surface area contributed by atoms with E-state index >= 15 is 0 Å². The maximum Gasteiger partial charge on any atom is 0.320 e. The molecule has 0 unspecified atom stereocenters. The molecule has 6 nitrogen and oxygen atoms in total. The smallest absolute Gasteiger partial charge is 0.320 e. The SMILES string of the molecule is CC1(C(=O)O)CCN(C(=O)N2CCNCC2)CC1. The zero-order chi connectivity index (χ0) is 13.2. The van der Waals surface area contributed by atoms with Gasteiger partial charge in [-0.3, -0.25) is 4.79 Å². The largest absolute Gasteiger partial charge is 0.481 e. The number of hydrogen-bond acceptors (Lipinski definition) is 3. The van der Waals surface area contributed by atoms with E-state index < -0.39 is 11.4 Å². The minimum Gasteiger partial charge on any atom is -0.481 e. The monoisotopic (exact) mass is 255 g/mol. The highest BCUT2D eigenvalue weighted by molar-refractivity contribution is 5.77. The first-order valence-electron chi connectivity index (χ1n) is 6.51. The maximum absolute atomic E-state index is 12.2. The van der Waals surface area contributed by atoms with Crippen LogP contribution in [0.1, 0.15) is 19.8 Å². The minimum atomic E-state index is -0.753. The standard InChI is InChI=1S/C12H21N3O3/c1-12(10(16)17)2-6-14(7-3-12)11(18)15-8-4-13-5-9-15/h13H,2-9H2,1H3,(H,16,17). The molecule has 6 heteroatoms. The Morgan fingerprint density at radius 1 is 1.06 bits per heavy atom. The van der Waals surface area contributed by atoms with Crippen LogP contribution in [0, 0.1) is 5.41 Å². The minimum absolute atomic E-state index is 0.0592. The van der Waals surface area contributed by atoms with Gasteiger partial charge >= 0.3 is 12.0 Å². The predicted octanol–water partition coefficient (Wildman–Crippen LogP) is 0.198. The fraction of sp³-hybridized carbons (Fsp3) is 0.833. The highest BCUT2D eigenvalue weighted by Gasteiger charge is 2.38. The van der Waals surface area contributed by atoms with Crippen LogP contribution in [0.5, 0.6) is 0 Å². The topological polar surface area (TPSA) is 72.9 Å². The Morgan fingerprint density at radius 3 is 2.06 bits per heavy atom. The number of carbonyl (C=O) groups excluding carboxylic acids is 1. The van der Waals surface area contributed by atoms with Crippen LogP contribution < -0.4 is 5.32 Å². The molecule has 2 rings (SSSR count). The molecule has 2 amide bonds. The van der Waals surface area contributed by atoms with Gasteiger partial charge in [-0.2, -0.15) is 0 Å². The predicted molar refractivity (Wildman–Crippen MR) is 66.4 cm³/mol. The number of rotatable bonds is 1. The Morgan fingerprint density at radius 2 is 1.56 bits per heavy atom. The molecule has 102 valence electrons. The number of likely N-dealkylation sites (tertiary alicyclic amines) is 1. The normalized spacial score (nSPS) is 23.8. The van der Waals surface area contributed by atoms with E-state index in [1.165, 1.54) is 0 Å². The van der Waals surface area contributed by atoms with Gasteiger partial charge in [0.1, 0.15) is 0 Å². The first kappa shape index (κ1) is 13.1. The number of carboxylic acid groups (broad SMARTS) is 1. The third-order valence-corrected chi connectivity index (χ3v) is 4.04. The molecule has 2 fully saturated rings. The summed E-state index contributed by atoms with van der Waals surface area (Å²) in [6.07, 6.45) is 1.08. The molecule has 0 saturated carbocycles. The van der Waals surface area contributed by atoms with Crippen molar-refractivity contribution in [2.75, 3.05) is 39.3 Å². The molecular formula is C12H21N3O3. The van der Waals surface area contributed by atoms with E-state index in [0.29, 0.717) is 25.9 Å². The van der Waals surface area contributed by atoms with Gasteiger partial charge in [0.25, 0.3) is 0 Å². The molecule has 2 heterocycles. The number of piperazine rings is 1. The van der Waals surface area contributed by atoms with E-state index in [4.69, 9.17) is 5.11 Å². The molecule has 0 bridgehead atoms. The van der Waals surface area contributed by atoms with Gasteiger partial charge in [0, 0.05) is 39.3 Å². The van der Waals surface area contributed by atoms with E-state index in [9.17, 15) is 9.59 Å². The summed E-state index contributed by atoms with van der Waals surface area (Å²) < 4.78 is 0. The van der Waals surface area contributed by atoms with Gasteiger partial charge in [-0.1, -0.05) is 0 Å². The fourth-order valence-corrected chi connectivity index (χ4v) is 2.46. The number of hydrogen-bond donors (Lipinski definition) is 2. The molecule has 0 aromatic rings. The Balaban J connectivity index is 1.89. The summed E-state index contributed by atoms with van der Waals surface area (Å²) in [5.41, 5.74) is -0.666. The van der Waals surface area contributed by atoms with Crippen LogP contribution in [0.3, 0.4) is 0 Å². The molecule has 2 saturated heterocycles. The molecule has 0 aliphatic carbocycles. The van der Waals surface area contributed by atoms with Crippen molar-refractivity contribution in [3.63, 3.8) is 0 Å². The van der Waals surface area contributed by atoms with Gasteiger partial charge < -0.3 is 20.2 Å². The Bertz CT molecular complexity index is 331. The summed E-state index contributed by atoms with van der Waals surface area (Å²) in [6.45, 7) is 6.02. The summed E-state index contributed by atoms with van der Waals surface area (Å²) >= 11 is 0. The second-order valence-corrected chi connectivity index (χ2v) is 5.37. The second kappa shape index (κ2) is 5.14. The Kier molecular flexibility index (Phi) is 3.75. The van der Waals surface area contributed by atoms with Gasteiger partial charge in [0.05, 0.1) is 5.41 Å². The molecule has 2 aliphatic heterocycles. The average molecular weight is 255 g/mol. The number of piperidine rings is 1. The summed E-state index contributed by atoms with van der Waals surface area (Å²) in [5.74, 6) is -0.753. The van der Waals surface area contributed by atoms with Gasteiger partial charge in [0.2, 0.25) is 0 Å². The van der Waals surface area contributed by atoms with Crippen molar-refractivity contribution in [1.82, 2.24) is 15.1 Å². The first-order chi connectivity index (χ1) is 8.53. The van der Waals surface area contributed by atoms with E-state index in [-0.39, 0.29) is 6.03 Å². The first-order valence-corrected chi connectivity index (χ1v) is 6.51. The van der Waals surface area contributed by atoms with Crippen molar-refractivity contribution in [1.29, 1.82) is 0 Å². The number of carboxylic acids is 1. The van der Waals surface area contributed by atoms with E-state index in [0.717, 1.165) is 26.2 Å². The van der Waals surface area contributed by atoms with Gasteiger partial charge in [0.15, 0.2) is 0 Å². The zero-order valence-electron chi connectivity index (χ0n) is 10.8. The third kappa shape index (κ3) is 2.58. The van der Waals surface area contributed by atoms with Crippen LogP contribution in [0.25, 0.3) is 0 Å². The number of urea groups is 1. The maximum atomic E-state index is 12.2. The van der Waals surface area contributed by atoms with Crippen LogP contribution in [0.15, 0.2) is 0 Å². The third-order valence-electron chi connectivity index (χ3n) is 4.04. The summed E-state index contributed by atoms with van der Waals surface area (Å²) in [7, 11) is 0. The molecule has 18 heavy (non-hydrogen) atoms. The van der Waals surface area contributed by atoms with E-state index in [2.05, 4.69) is 5.32 Å². The molecule has 0 spiro atoms. The van der Waals surface area contributed by atoms with Crippen molar-refractivity contribution in [2.24, 2.45) is 5.41 Å². The van der Waals surface area contributed by atoms with Crippen LogP contribution in [0.2, 0.25) is 0 Å². The molecule has 0 aromatic heterocycles. The molecular weight excluding hydrogens is 234 g/mol. The van der Waals surface area contributed by atoms with E-state index in [1.54, 1.807) is 11.8 Å². The number of nitrogens with zero attached hydrogens (tertiary/aromatic N) is 2. The lowest BCUT2D eigenvalue weighted by atomic mass is 9.80. The van der Waals surface area contributed by atoms with Crippen LogP contribution in [-0.2, 0) is 4.79 Å². The Labute approximate surface area is 107 Å². The lowest BCUT2D eigenvalue weighted by Crippen LogP contribution is -2.54. The highest BCUT2D eigenvalue weighted by Crippen LogP contribution is 2.31. The van der Waals surface area contributed by atoms with Crippen molar-refractivity contribution >= 4 is 12.0 Å². The molecule has 2 N–H and O–H groups in total. The lowest BCUT2D eigenvalue weighted by molar-refractivity contribution is -0.150. The summed E-state index contributed by atoms with van der Waals surface area (Å²) in [6, 6.07) is 0.0592. The summed E-state index contributed by atoms with van der Waals surface area (Å²) in [5, 5.41) is 12.4. The van der Waals surface area contributed by atoms with Crippen molar-refractivity contribution in [3.05, 3.63) is 0 Å². The van der Waals surface area contributed by atoms with Crippen molar-refractivity contribution in [2.45, 2.75) is 19.8 Å². The molecule has 2 aliphatic rings. The van der Waals surface area contributed by atoms with Crippen LogP contribution >= 0.6 is 0 Å². The zero-order valence-corrected chi connectivity index (χ0v) is 10.8. The van der Waals surface area contributed by atoms with Gasteiger partial charge in [-0.05, 0) is 19.8 Å². The Hall–Kier alpha value is -1.30. The second-order valence-electron chi connectivity index (χ2n) is 5.37. The quantitative estimate of drug-likeness (QED) is 0.702. The van der Waals surface area contributed by atoms with Crippen molar-refractivity contribution in [3.8, 4) is 0 Å². The van der Waals surface area contributed by atoms with Crippen molar-refractivity contribution < 1.29 is 14.7 Å². The number of amides is 2. The number of nitrogens with one attached hydrogen (secondary N) is 1. The summed E-state index contributed by atoms with van der Waals surface area (Å²) in [4.78, 5) is 27.0. The number of aliphatic carboxylic acids is 1. The van der Waals surface area contributed by atoms with E-state index in [1.807, 2.05) is 4.90 Å². The van der Waals surface area contributed by atoms with Gasteiger partial charge in [-0.15, -0.1) is 0 Å². The molecule has 0 atom stereocenters. The highest BCUT2D eigenvalue weighted by atomic mass is 16.4. The molecule has 0 aromatic carbocycles. The lowest BCUT2D eigenvalue weighted by Gasteiger charge is -2.39. The molecule has 0 radical (unpaired) electrons. The fourth-order valence-electron chi connectivity index (χ4n) is 2.46. The average Bonchev–Trinajstić information content (AvgIpc) is 2.40.